The lowest BCUT2D eigenvalue weighted by atomic mass is 10.0. The predicted molar refractivity (Wildman–Crippen MR) is 84.4 cm³/mol. The fraction of sp³-hybridized carbons (Fsp3) is 0.333. The van der Waals surface area contributed by atoms with Crippen LogP contribution in [-0.2, 0) is 5.54 Å². The van der Waals surface area contributed by atoms with Crippen molar-refractivity contribution >= 4 is 22.4 Å². The van der Waals surface area contributed by atoms with Gasteiger partial charge in [0.2, 0.25) is 0 Å². The Morgan fingerprint density at radius 3 is 2.76 bits per heavy atom. The normalized spacial score (nSPS) is 17.6. The molecule has 4 rings (SSSR count). The van der Waals surface area contributed by atoms with Crippen LogP contribution in [0.3, 0.4) is 0 Å². The summed E-state index contributed by atoms with van der Waals surface area (Å²) < 4.78 is 0. The van der Waals surface area contributed by atoms with Crippen molar-refractivity contribution in [3.63, 3.8) is 0 Å². The number of H-pyrrole nitrogens is 2. The van der Waals surface area contributed by atoms with Gasteiger partial charge in [-0.05, 0) is 25.0 Å². The molecule has 0 unspecified atom stereocenters. The molecule has 6 heteroatoms. The van der Waals surface area contributed by atoms with Crippen molar-refractivity contribution in [2.45, 2.75) is 31.2 Å². The van der Waals surface area contributed by atoms with Crippen LogP contribution in [0.4, 0.5) is 0 Å². The fourth-order valence-corrected chi connectivity index (χ4v) is 4.05. The molecule has 21 heavy (non-hydrogen) atoms. The van der Waals surface area contributed by atoms with Crippen LogP contribution >= 0.6 is 11.3 Å². The van der Waals surface area contributed by atoms with Crippen LogP contribution in [-0.4, -0.2) is 15.0 Å². The number of hydrogen-bond acceptors (Lipinski definition) is 4. The van der Waals surface area contributed by atoms with Crippen LogP contribution in [0.25, 0.3) is 22.3 Å². The molecule has 0 radical (unpaired) electrons. The van der Waals surface area contributed by atoms with Gasteiger partial charge in [-0.25, -0.2) is 9.78 Å². The molecule has 4 N–H and O–H groups in total. The van der Waals surface area contributed by atoms with Gasteiger partial charge in [0.05, 0.1) is 22.3 Å². The van der Waals surface area contributed by atoms with E-state index in [1.807, 2.05) is 23.6 Å². The van der Waals surface area contributed by atoms with E-state index in [9.17, 15) is 4.79 Å². The molecular weight excluding hydrogens is 284 g/mol. The first kappa shape index (κ1) is 12.8. The van der Waals surface area contributed by atoms with E-state index >= 15 is 0 Å². The molecule has 0 aliphatic heterocycles. The number of imidazole rings is 1. The molecule has 5 nitrogen and oxygen atoms in total. The van der Waals surface area contributed by atoms with Crippen molar-refractivity contribution in [1.82, 2.24) is 15.0 Å². The number of benzene rings is 1. The number of thiazole rings is 1. The van der Waals surface area contributed by atoms with E-state index in [1.165, 1.54) is 12.8 Å². The van der Waals surface area contributed by atoms with Crippen LogP contribution in [0.5, 0.6) is 0 Å². The maximum atomic E-state index is 11.3. The van der Waals surface area contributed by atoms with Gasteiger partial charge in [0.1, 0.15) is 5.01 Å². The number of nitrogens with zero attached hydrogens (tertiary/aromatic N) is 1. The molecule has 108 valence electrons. The zero-order valence-electron chi connectivity index (χ0n) is 11.5. The number of aromatic nitrogens is 3. The maximum Gasteiger partial charge on any atom is 0.323 e. The van der Waals surface area contributed by atoms with E-state index in [4.69, 9.17) is 10.7 Å². The molecule has 3 aromatic rings. The summed E-state index contributed by atoms with van der Waals surface area (Å²) in [6, 6.07) is 5.82. The highest BCUT2D eigenvalue weighted by atomic mass is 32.1. The Balaban J connectivity index is 1.75. The van der Waals surface area contributed by atoms with Gasteiger partial charge in [-0.3, -0.25) is 0 Å². The van der Waals surface area contributed by atoms with Crippen LogP contribution in [0, 0.1) is 0 Å². The Bertz CT molecular complexity index is 854. The van der Waals surface area contributed by atoms with Crippen molar-refractivity contribution in [1.29, 1.82) is 0 Å². The van der Waals surface area contributed by atoms with Crippen molar-refractivity contribution in [2.24, 2.45) is 5.73 Å². The quantitative estimate of drug-likeness (QED) is 0.680. The van der Waals surface area contributed by atoms with E-state index in [0.717, 1.165) is 40.1 Å². The molecule has 0 amide bonds. The largest absolute Gasteiger partial charge is 0.323 e. The second-order valence-corrected chi connectivity index (χ2v) is 6.60. The Morgan fingerprint density at radius 1 is 1.19 bits per heavy atom. The minimum atomic E-state index is -0.241. The average Bonchev–Trinajstić information content (AvgIpc) is 3.15. The molecule has 2 aromatic heterocycles. The first-order chi connectivity index (χ1) is 10.1. The molecule has 2 heterocycles. The van der Waals surface area contributed by atoms with Gasteiger partial charge in [0.15, 0.2) is 0 Å². The average molecular weight is 300 g/mol. The standard InChI is InChI=1S/C15H16N4OS/c16-15(5-1-2-6-15)13-17-12(8-21-13)9-3-4-10-11(7-9)19-14(20)18-10/h3-4,7-8H,1-2,5-6,16H2,(H2,18,19,20). The second-order valence-electron chi connectivity index (χ2n) is 5.74. The van der Waals surface area contributed by atoms with Gasteiger partial charge < -0.3 is 15.7 Å². The van der Waals surface area contributed by atoms with Gasteiger partial charge in [0, 0.05) is 10.9 Å². The third-order valence-corrected chi connectivity index (χ3v) is 5.30. The lowest BCUT2D eigenvalue weighted by molar-refractivity contribution is 0.459. The van der Waals surface area contributed by atoms with Crippen molar-refractivity contribution < 1.29 is 0 Å². The van der Waals surface area contributed by atoms with Crippen molar-refractivity contribution in [3.8, 4) is 11.3 Å². The highest BCUT2D eigenvalue weighted by Crippen LogP contribution is 2.39. The Labute approximate surface area is 125 Å². The lowest BCUT2D eigenvalue weighted by Crippen LogP contribution is -2.32. The molecule has 1 saturated carbocycles. The fourth-order valence-electron chi connectivity index (χ4n) is 3.05. The predicted octanol–water partition coefficient (Wildman–Crippen LogP) is 2.71. The summed E-state index contributed by atoms with van der Waals surface area (Å²) in [6.07, 6.45) is 4.40. The smallest absolute Gasteiger partial charge is 0.319 e. The summed E-state index contributed by atoms with van der Waals surface area (Å²) in [5, 5.41) is 3.08. The van der Waals surface area contributed by atoms with E-state index in [0.29, 0.717) is 0 Å². The van der Waals surface area contributed by atoms with Gasteiger partial charge in [-0.2, -0.15) is 0 Å². The summed E-state index contributed by atoms with van der Waals surface area (Å²) in [5.74, 6) is 0. The molecule has 0 saturated heterocycles. The minimum Gasteiger partial charge on any atom is -0.319 e. The summed E-state index contributed by atoms with van der Waals surface area (Å²) in [7, 11) is 0. The van der Waals surface area contributed by atoms with Gasteiger partial charge in [-0.15, -0.1) is 11.3 Å². The van der Waals surface area contributed by atoms with Crippen LogP contribution in [0.2, 0.25) is 0 Å². The number of nitrogens with one attached hydrogen (secondary N) is 2. The minimum absolute atomic E-state index is 0.187. The van der Waals surface area contributed by atoms with E-state index in [-0.39, 0.29) is 11.2 Å². The van der Waals surface area contributed by atoms with Crippen LogP contribution < -0.4 is 11.4 Å². The third-order valence-electron chi connectivity index (χ3n) is 4.24. The van der Waals surface area contributed by atoms with Crippen molar-refractivity contribution in [2.75, 3.05) is 0 Å². The van der Waals surface area contributed by atoms with Gasteiger partial charge in [0.25, 0.3) is 0 Å². The molecule has 1 aliphatic rings. The molecular formula is C15H16N4OS. The first-order valence-corrected chi connectivity index (χ1v) is 7.99. The number of rotatable bonds is 2. The third kappa shape index (κ3) is 2.11. The topological polar surface area (TPSA) is 87.6 Å². The highest BCUT2D eigenvalue weighted by Gasteiger charge is 2.34. The van der Waals surface area contributed by atoms with Crippen LogP contribution in [0.15, 0.2) is 28.4 Å². The first-order valence-electron chi connectivity index (χ1n) is 7.11. The molecule has 1 aromatic carbocycles. The number of nitrogens with two attached hydrogens (primary N) is 1. The zero-order chi connectivity index (χ0) is 14.4. The SMILES string of the molecule is NC1(c2nc(-c3ccc4[nH]c(=O)[nH]c4c3)cs2)CCCC1. The summed E-state index contributed by atoms with van der Waals surface area (Å²) in [6.45, 7) is 0. The summed E-state index contributed by atoms with van der Waals surface area (Å²) >= 11 is 1.64. The summed E-state index contributed by atoms with van der Waals surface area (Å²) in [4.78, 5) is 21.6. The van der Waals surface area contributed by atoms with Crippen LogP contribution in [0.1, 0.15) is 30.7 Å². The molecule has 0 atom stereocenters. The van der Waals surface area contributed by atoms with E-state index in [2.05, 4.69) is 9.97 Å². The van der Waals surface area contributed by atoms with Gasteiger partial charge >= 0.3 is 5.69 Å². The number of hydrogen-bond donors (Lipinski definition) is 3. The maximum absolute atomic E-state index is 11.3. The van der Waals surface area contributed by atoms with Gasteiger partial charge in [-0.1, -0.05) is 18.9 Å². The highest BCUT2D eigenvalue weighted by molar-refractivity contribution is 7.10. The zero-order valence-corrected chi connectivity index (χ0v) is 12.3. The van der Waals surface area contributed by atoms with E-state index in [1.54, 1.807) is 11.3 Å². The second kappa shape index (κ2) is 4.54. The van der Waals surface area contributed by atoms with E-state index < -0.39 is 0 Å². The Hall–Kier alpha value is -1.92. The monoisotopic (exact) mass is 300 g/mol. The Morgan fingerprint density at radius 2 is 1.95 bits per heavy atom. The summed E-state index contributed by atoms with van der Waals surface area (Å²) in [5.41, 5.74) is 9.57. The van der Waals surface area contributed by atoms with Crippen molar-refractivity contribution in [3.05, 3.63) is 39.1 Å². The number of fused-ring (bicyclic) bond motifs is 1. The molecule has 0 bridgehead atoms. The molecule has 1 aliphatic carbocycles. The number of aromatic amines is 2. The Kier molecular flexibility index (Phi) is 2.77. The molecule has 0 spiro atoms. The lowest BCUT2D eigenvalue weighted by Gasteiger charge is -2.19. The molecule has 1 fully saturated rings.